The van der Waals surface area contributed by atoms with Crippen molar-refractivity contribution in [3.63, 3.8) is 0 Å². The quantitative estimate of drug-likeness (QED) is 0.661. The maximum absolute atomic E-state index is 10.3. The van der Waals surface area contributed by atoms with Crippen LogP contribution in [0.15, 0.2) is 24.3 Å². The molecule has 0 aromatic heterocycles. The lowest BCUT2D eigenvalue weighted by Crippen LogP contribution is -2.34. The van der Waals surface area contributed by atoms with E-state index in [1.54, 1.807) is 0 Å². The molecule has 0 saturated heterocycles. The highest BCUT2D eigenvalue weighted by Crippen LogP contribution is 2.19. The molecule has 0 bridgehead atoms. The van der Waals surface area contributed by atoms with Gasteiger partial charge in [-0.25, -0.2) is 0 Å². The number of nitrogens with one attached hydrogen (secondary N) is 1. The molecule has 0 amide bonds. The van der Waals surface area contributed by atoms with E-state index in [0.717, 1.165) is 18.4 Å². The van der Waals surface area contributed by atoms with E-state index in [2.05, 4.69) is 24.4 Å². The zero-order valence-electron chi connectivity index (χ0n) is 11.5. The summed E-state index contributed by atoms with van der Waals surface area (Å²) >= 11 is 0. The summed E-state index contributed by atoms with van der Waals surface area (Å²) in [6.45, 7) is 2.78. The minimum atomic E-state index is -0.487. The Labute approximate surface area is 110 Å². The Hall–Kier alpha value is -0.900. The van der Waals surface area contributed by atoms with Crippen LogP contribution in [0.5, 0.6) is 0 Å². The van der Waals surface area contributed by atoms with E-state index in [4.69, 9.17) is 5.73 Å². The van der Waals surface area contributed by atoms with Crippen molar-refractivity contribution in [2.45, 2.75) is 44.8 Å². The van der Waals surface area contributed by atoms with Gasteiger partial charge in [-0.05, 0) is 44.0 Å². The summed E-state index contributed by atoms with van der Waals surface area (Å²) < 4.78 is 0. The average Bonchev–Trinajstić information content (AvgIpc) is 2.42. The summed E-state index contributed by atoms with van der Waals surface area (Å²) in [5.41, 5.74) is 7.85. The standard InChI is InChI=1S/C15H26N2O/c1-3-4-5-12-6-8-13(9-7-12)15(18)14(17-2)10-11-16/h6-9,14-15,17-18H,3-5,10-11,16H2,1-2H3. The fourth-order valence-corrected chi connectivity index (χ4v) is 2.13. The summed E-state index contributed by atoms with van der Waals surface area (Å²) in [5, 5.41) is 13.4. The number of hydrogen-bond donors (Lipinski definition) is 3. The van der Waals surface area contributed by atoms with Gasteiger partial charge in [0.15, 0.2) is 0 Å². The van der Waals surface area contributed by atoms with Crippen LogP contribution in [0.1, 0.15) is 43.4 Å². The molecule has 0 saturated carbocycles. The first-order valence-corrected chi connectivity index (χ1v) is 6.87. The predicted octanol–water partition coefficient (Wildman–Crippen LogP) is 2.00. The van der Waals surface area contributed by atoms with Crippen LogP contribution in [-0.2, 0) is 6.42 Å². The molecule has 2 atom stereocenters. The van der Waals surface area contributed by atoms with E-state index >= 15 is 0 Å². The number of rotatable bonds is 8. The second-order valence-corrected chi connectivity index (χ2v) is 4.76. The van der Waals surface area contributed by atoms with Gasteiger partial charge in [0.05, 0.1) is 6.10 Å². The van der Waals surface area contributed by atoms with Crippen LogP contribution < -0.4 is 11.1 Å². The lowest BCUT2D eigenvalue weighted by atomic mass is 9.98. The van der Waals surface area contributed by atoms with Crippen LogP contribution in [0.3, 0.4) is 0 Å². The van der Waals surface area contributed by atoms with Crippen molar-refractivity contribution < 1.29 is 5.11 Å². The Morgan fingerprint density at radius 3 is 2.44 bits per heavy atom. The molecule has 1 aromatic rings. The van der Waals surface area contributed by atoms with Crippen molar-refractivity contribution in [3.05, 3.63) is 35.4 Å². The van der Waals surface area contributed by atoms with Gasteiger partial charge >= 0.3 is 0 Å². The van der Waals surface area contributed by atoms with Crippen molar-refractivity contribution in [3.8, 4) is 0 Å². The fraction of sp³-hybridized carbons (Fsp3) is 0.600. The molecule has 4 N–H and O–H groups in total. The van der Waals surface area contributed by atoms with Gasteiger partial charge in [0, 0.05) is 6.04 Å². The SMILES string of the molecule is CCCCc1ccc(C(O)C(CCN)NC)cc1. The first-order valence-electron chi connectivity index (χ1n) is 6.87. The molecule has 0 aliphatic heterocycles. The van der Waals surface area contributed by atoms with E-state index in [-0.39, 0.29) is 6.04 Å². The number of unbranched alkanes of at least 4 members (excludes halogenated alkanes) is 1. The summed E-state index contributed by atoms with van der Waals surface area (Å²) in [6, 6.07) is 8.30. The molecular formula is C15H26N2O. The molecule has 0 spiro atoms. The fourth-order valence-electron chi connectivity index (χ4n) is 2.13. The highest BCUT2D eigenvalue weighted by molar-refractivity contribution is 5.25. The molecule has 0 heterocycles. The number of aryl methyl sites for hydroxylation is 1. The molecule has 102 valence electrons. The van der Waals surface area contributed by atoms with Gasteiger partial charge in [-0.2, -0.15) is 0 Å². The van der Waals surface area contributed by atoms with E-state index < -0.39 is 6.10 Å². The predicted molar refractivity (Wildman–Crippen MR) is 76.5 cm³/mol. The monoisotopic (exact) mass is 250 g/mol. The van der Waals surface area contributed by atoms with Crippen LogP contribution >= 0.6 is 0 Å². The third kappa shape index (κ3) is 4.41. The van der Waals surface area contributed by atoms with E-state index in [1.807, 2.05) is 19.2 Å². The topological polar surface area (TPSA) is 58.3 Å². The van der Waals surface area contributed by atoms with Crippen molar-refractivity contribution >= 4 is 0 Å². The first-order chi connectivity index (χ1) is 8.72. The molecule has 0 aliphatic carbocycles. The van der Waals surface area contributed by atoms with Gasteiger partial charge in [-0.3, -0.25) is 0 Å². The number of hydrogen-bond acceptors (Lipinski definition) is 3. The lowest BCUT2D eigenvalue weighted by molar-refractivity contribution is 0.129. The van der Waals surface area contributed by atoms with Gasteiger partial charge in [0.1, 0.15) is 0 Å². The second-order valence-electron chi connectivity index (χ2n) is 4.76. The number of benzene rings is 1. The summed E-state index contributed by atoms with van der Waals surface area (Å²) in [7, 11) is 1.86. The number of nitrogens with two attached hydrogens (primary N) is 1. The third-order valence-electron chi connectivity index (χ3n) is 3.37. The molecule has 3 heteroatoms. The van der Waals surface area contributed by atoms with Gasteiger partial charge in [-0.1, -0.05) is 37.6 Å². The highest BCUT2D eigenvalue weighted by Gasteiger charge is 2.18. The van der Waals surface area contributed by atoms with Crippen molar-refractivity contribution in [1.29, 1.82) is 0 Å². The third-order valence-corrected chi connectivity index (χ3v) is 3.37. The van der Waals surface area contributed by atoms with Crippen LogP contribution in [0.25, 0.3) is 0 Å². The molecular weight excluding hydrogens is 224 g/mol. The molecule has 1 rings (SSSR count). The van der Waals surface area contributed by atoms with Crippen molar-refractivity contribution in [2.24, 2.45) is 5.73 Å². The van der Waals surface area contributed by atoms with E-state index in [1.165, 1.54) is 18.4 Å². The maximum atomic E-state index is 10.3. The molecule has 1 aromatic carbocycles. The Bertz CT molecular complexity index is 324. The van der Waals surface area contributed by atoms with Crippen LogP contribution in [0.4, 0.5) is 0 Å². The van der Waals surface area contributed by atoms with Gasteiger partial charge < -0.3 is 16.2 Å². The summed E-state index contributed by atoms with van der Waals surface area (Å²) in [4.78, 5) is 0. The van der Waals surface area contributed by atoms with Gasteiger partial charge in [0.2, 0.25) is 0 Å². The molecule has 0 aliphatic rings. The minimum absolute atomic E-state index is 0.0245. The summed E-state index contributed by atoms with van der Waals surface area (Å²) in [6.07, 6.45) is 3.83. The first kappa shape index (κ1) is 15.2. The van der Waals surface area contributed by atoms with Gasteiger partial charge in [-0.15, -0.1) is 0 Å². The number of aliphatic hydroxyl groups excluding tert-OH is 1. The van der Waals surface area contributed by atoms with E-state index in [9.17, 15) is 5.11 Å². The highest BCUT2D eigenvalue weighted by atomic mass is 16.3. The lowest BCUT2D eigenvalue weighted by Gasteiger charge is -2.22. The van der Waals surface area contributed by atoms with Gasteiger partial charge in [0.25, 0.3) is 0 Å². The van der Waals surface area contributed by atoms with Crippen LogP contribution in [0.2, 0.25) is 0 Å². The van der Waals surface area contributed by atoms with E-state index in [0.29, 0.717) is 6.54 Å². The van der Waals surface area contributed by atoms with Crippen LogP contribution in [-0.4, -0.2) is 24.7 Å². The molecule has 18 heavy (non-hydrogen) atoms. The molecule has 3 nitrogen and oxygen atoms in total. The second kappa shape index (κ2) is 8.25. The largest absolute Gasteiger partial charge is 0.387 e. The zero-order valence-corrected chi connectivity index (χ0v) is 11.5. The maximum Gasteiger partial charge on any atom is 0.0943 e. The number of aliphatic hydroxyl groups is 1. The average molecular weight is 250 g/mol. The molecule has 2 unspecified atom stereocenters. The molecule has 0 radical (unpaired) electrons. The molecule has 0 fully saturated rings. The Morgan fingerprint density at radius 1 is 1.28 bits per heavy atom. The zero-order chi connectivity index (χ0) is 13.4. The Balaban J connectivity index is 2.65. The Kier molecular flexibility index (Phi) is 6.94. The van der Waals surface area contributed by atoms with Crippen LogP contribution in [0, 0.1) is 0 Å². The smallest absolute Gasteiger partial charge is 0.0943 e. The number of likely N-dealkylation sites (N-methyl/N-ethyl adjacent to an activating group) is 1. The normalized spacial score (nSPS) is 14.4. The minimum Gasteiger partial charge on any atom is -0.387 e. The Morgan fingerprint density at radius 2 is 1.94 bits per heavy atom. The van der Waals surface area contributed by atoms with Crippen molar-refractivity contribution in [2.75, 3.05) is 13.6 Å². The van der Waals surface area contributed by atoms with Crippen molar-refractivity contribution in [1.82, 2.24) is 5.32 Å². The summed E-state index contributed by atoms with van der Waals surface area (Å²) in [5.74, 6) is 0.